The highest BCUT2D eigenvalue weighted by Gasteiger charge is 2.40. The van der Waals surface area contributed by atoms with Crippen LogP contribution in [0.25, 0.3) is 0 Å². The summed E-state index contributed by atoms with van der Waals surface area (Å²) >= 11 is 3.39. The van der Waals surface area contributed by atoms with Crippen LogP contribution < -0.4 is 4.74 Å². The van der Waals surface area contributed by atoms with Gasteiger partial charge in [0.2, 0.25) is 0 Å². The van der Waals surface area contributed by atoms with Gasteiger partial charge in [-0.1, -0.05) is 12.1 Å². The summed E-state index contributed by atoms with van der Waals surface area (Å²) in [6.45, 7) is -0.428. The lowest BCUT2D eigenvalue weighted by Gasteiger charge is -2.16. The summed E-state index contributed by atoms with van der Waals surface area (Å²) in [6, 6.07) is 13.9. The molecule has 6 heteroatoms. The largest absolute Gasteiger partial charge is 0.456 e. The SMILES string of the molecule is O=C(c1ccc(Oc2ccccc2Br)cc1)N1CCC(F)(F)C1. The number of hydrogen-bond acceptors (Lipinski definition) is 2. The van der Waals surface area contributed by atoms with Crippen molar-refractivity contribution in [2.24, 2.45) is 0 Å². The molecule has 23 heavy (non-hydrogen) atoms. The van der Waals surface area contributed by atoms with Gasteiger partial charge in [-0.3, -0.25) is 4.79 Å². The molecule has 1 fully saturated rings. The van der Waals surface area contributed by atoms with E-state index in [1.54, 1.807) is 24.3 Å². The number of carbonyl (C=O) groups is 1. The summed E-state index contributed by atoms with van der Waals surface area (Å²) in [7, 11) is 0. The van der Waals surface area contributed by atoms with Gasteiger partial charge in [-0.05, 0) is 52.3 Å². The van der Waals surface area contributed by atoms with Gasteiger partial charge in [0, 0.05) is 18.5 Å². The molecule has 120 valence electrons. The fraction of sp³-hybridized carbons (Fsp3) is 0.235. The Hall–Kier alpha value is -1.95. The van der Waals surface area contributed by atoms with Crippen LogP contribution in [0.3, 0.4) is 0 Å². The van der Waals surface area contributed by atoms with E-state index in [9.17, 15) is 13.6 Å². The number of alkyl halides is 2. The van der Waals surface area contributed by atoms with Gasteiger partial charge in [-0.25, -0.2) is 8.78 Å². The second-order valence-electron chi connectivity index (χ2n) is 5.39. The predicted octanol–water partition coefficient (Wildman–Crippen LogP) is 4.72. The second-order valence-corrected chi connectivity index (χ2v) is 6.24. The van der Waals surface area contributed by atoms with Crippen molar-refractivity contribution in [2.75, 3.05) is 13.1 Å². The Labute approximate surface area is 141 Å². The van der Waals surface area contributed by atoms with Gasteiger partial charge < -0.3 is 9.64 Å². The van der Waals surface area contributed by atoms with Crippen molar-refractivity contribution in [3.63, 3.8) is 0 Å². The van der Waals surface area contributed by atoms with Crippen molar-refractivity contribution in [1.82, 2.24) is 4.90 Å². The van der Waals surface area contributed by atoms with Crippen molar-refractivity contribution in [1.29, 1.82) is 0 Å². The lowest BCUT2D eigenvalue weighted by Crippen LogP contribution is -2.31. The maximum atomic E-state index is 13.2. The van der Waals surface area contributed by atoms with E-state index in [2.05, 4.69) is 15.9 Å². The van der Waals surface area contributed by atoms with Crippen LogP contribution in [-0.2, 0) is 0 Å². The first-order valence-corrected chi connectivity index (χ1v) is 7.93. The molecule has 1 saturated heterocycles. The van der Waals surface area contributed by atoms with Gasteiger partial charge in [0.25, 0.3) is 11.8 Å². The van der Waals surface area contributed by atoms with E-state index >= 15 is 0 Å². The van der Waals surface area contributed by atoms with Gasteiger partial charge in [-0.2, -0.15) is 0 Å². The molecule has 0 N–H and O–H groups in total. The number of para-hydroxylation sites is 1. The van der Waals surface area contributed by atoms with Crippen molar-refractivity contribution < 1.29 is 18.3 Å². The fourth-order valence-corrected chi connectivity index (χ4v) is 2.78. The van der Waals surface area contributed by atoms with Crippen LogP contribution in [0.5, 0.6) is 11.5 Å². The van der Waals surface area contributed by atoms with E-state index in [1.165, 1.54) is 4.90 Å². The number of rotatable bonds is 3. The number of likely N-dealkylation sites (tertiary alicyclic amines) is 1. The maximum absolute atomic E-state index is 13.2. The highest BCUT2D eigenvalue weighted by atomic mass is 79.9. The third-order valence-corrected chi connectivity index (χ3v) is 4.28. The lowest BCUT2D eigenvalue weighted by molar-refractivity contribution is 0.0120. The van der Waals surface area contributed by atoms with Crippen LogP contribution in [-0.4, -0.2) is 29.8 Å². The van der Waals surface area contributed by atoms with E-state index in [1.807, 2.05) is 24.3 Å². The number of ether oxygens (including phenoxy) is 1. The molecule has 3 rings (SSSR count). The molecule has 0 bridgehead atoms. The second kappa shape index (κ2) is 6.28. The quantitative estimate of drug-likeness (QED) is 0.769. The van der Waals surface area contributed by atoms with Crippen molar-refractivity contribution in [3.8, 4) is 11.5 Å². The average Bonchev–Trinajstić information content (AvgIpc) is 2.90. The van der Waals surface area contributed by atoms with Gasteiger partial charge in [0.1, 0.15) is 11.5 Å². The van der Waals surface area contributed by atoms with Gasteiger partial charge in [0.05, 0.1) is 11.0 Å². The molecule has 1 heterocycles. The first kappa shape index (κ1) is 15.9. The average molecular weight is 382 g/mol. The summed E-state index contributed by atoms with van der Waals surface area (Å²) in [5.74, 6) is -1.93. The van der Waals surface area contributed by atoms with Crippen molar-refractivity contribution in [3.05, 3.63) is 58.6 Å². The van der Waals surface area contributed by atoms with Crippen molar-refractivity contribution >= 4 is 21.8 Å². The Morgan fingerprint density at radius 2 is 1.83 bits per heavy atom. The number of carbonyl (C=O) groups excluding carboxylic acids is 1. The Morgan fingerprint density at radius 1 is 1.13 bits per heavy atom. The molecule has 0 atom stereocenters. The van der Waals surface area contributed by atoms with Crippen molar-refractivity contribution in [2.45, 2.75) is 12.3 Å². The summed E-state index contributed by atoms with van der Waals surface area (Å²) < 4.78 is 32.9. The normalized spacial score (nSPS) is 16.4. The zero-order valence-electron chi connectivity index (χ0n) is 12.1. The number of halogens is 3. The van der Waals surface area contributed by atoms with Gasteiger partial charge in [0.15, 0.2) is 0 Å². The van der Waals surface area contributed by atoms with E-state index in [0.717, 1.165) is 4.47 Å². The molecule has 1 aliphatic heterocycles. The molecule has 3 nitrogen and oxygen atoms in total. The minimum Gasteiger partial charge on any atom is -0.456 e. The minimum absolute atomic E-state index is 0.0844. The van der Waals surface area contributed by atoms with Crippen LogP contribution in [0.15, 0.2) is 53.0 Å². The van der Waals surface area contributed by atoms with E-state index in [0.29, 0.717) is 17.1 Å². The molecule has 1 aliphatic rings. The molecule has 1 amide bonds. The Kier molecular flexibility index (Phi) is 4.35. The molecule has 0 spiro atoms. The summed E-state index contributed by atoms with van der Waals surface area (Å²) in [6.07, 6.45) is -0.276. The Bertz CT molecular complexity index is 719. The predicted molar refractivity (Wildman–Crippen MR) is 86.1 cm³/mol. The molecule has 2 aromatic rings. The van der Waals surface area contributed by atoms with E-state index in [-0.39, 0.29) is 18.9 Å². The van der Waals surface area contributed by atoms with Crippen LogP contribution in [0, 0.1) is 0 Å². The topological polar surface area (TPSA) is 29.5 Å². The van der Waals surface area contributed by atoms with Crippen LogP contribution in [0.1, 0.15) is 16.8 Å². The highest BCUT2D eigenvalue weighted by molar-refractivity contribution is 9.10. The standard InChI is InChI=1S/C17H14BrF2NO2/c18-14-3-1-2-4-15(14)23-13-7-5-12(6-8-13)16(22)21-10-9-17(19,20)11-21/h1-8H,9-11H2. The molecular formula is C17H14BrF2NO2. The van der Waals surface area contributed by atoms with E-state index < -0.39 is 12.5 Å². The van der Waals surface area contributed by atoms with Crippen LogP contribution in [0.4, 0.5) is 8.78 Å². The van der Waals surface area contributed by atoms with E-state index in [4.69, 9.17) is 4.74 Å². The third kappa shape index (κ3) is 3.69. The molecule has 0 unspecified atom stereocenters. The lowest BCUT2D eigenvalue weighted by atomic mass is 10.2. The number of hydrogen-bond donors (Lipinski definition) is 0. The summed E-state index contributed by atoms with van der Waals surface area (Å²) in [5.41, 5.74) is 0.377. The van der Waals surface area contributed by atoms with Gasteiger partial charge in [-0.15, -0.1) is 0 Å². The first-order chi connectivity index (χ1) is 10.9. The summed E-state index contributed by atoms with van der Waals surface area (Å²) in [4.78, 5) is 13.4. The molecule has 0 saturated carbocycles. The maximum Gasteiger partial charge on any atom is 0.267 e. The summed E-state index contributed by atoms with van der Waals surface area (Å²) in [5, 5.41) is 0. The Balaban J connectivity index is 1.70. The fourth-order valence-electron chi connectivity index (χ4n) is 2.41. The molecule has 0 radical (unpaired) electrons. The number of benzene rings is 2. The number of nitrogens with zero attached hydrogens (tertiary/aromatic N) is 1. The molecular weight excluding hydrogens is 368 g/mol. The van der Waals surface area contributed by atoms with Crippen LogP contribution in [0.2, 0.25) is 0 Å². The monoisotopic (exact) mass is 381 g/mol. The first-order valence-electron chi connectivity index (χ1n) is 7.14. The number of amides is 1. The third-order valence-electron chi connectivity index (χ3n) is 3.62. The van der Waals surface area contributed by atoms with Gasteiger partial charge >= 0.3 is 0 Å². The highest BCUT2D eigenvalue weighted by Crippen LogP contribution is 2.30. The minimum atomic E-state index is -2.78. The smallest absolute Gasteiger partial charge is 0.267 e. The zero-order valence-corrected chi connectivity index (χ0v) is 13.7. The van der Waals surface area contributed by atoms with Crippen LogP contribution >= 0.6 is 15.9 Å². The molecule has 0 aromatic heterocycles. The zero-order chi connectivity index (χ0) is 16.4. The molecule has 0 aliphatic carbocycles. The molecule has 2 aromatic carbocycles. The Morgan fingerprint density at radius 3 is 2.43 bits per heavy atom.